The van der Waals surface area contributed by atoms with E-state index in [1.807, 2.05) is 0 Å². The van der Waals surface area contributed by atoms with Crippen molar-refractivity contribution in [3.8, 4) is 0 Å². The van der Waals surface area contributed by atoms with Gasteiger partial charge in [-0.3, -0.25) is 14.4 Å². The molecule has 0 spiro atoms. The van der Waals surface area contributed by atoms with Gasteiger partial charge in [0.1, 0.15) is 0 Å². The van der Waals surface area contributed by atoms with Gasteiger partial charge in [-0.15, -0.1) is 0 Å². The van der Waals surface area contributed by atoms with Crippen molar-refractivity contribution in [1.82, 2.24) is 5.32 Å². The second kappa shape index (κ2) is 6.98. The molecule has 18 heavy (non-hydrogen) atoms. The molecule has 1 rings (SSSR count). The summed E-state index contributed by atoms with van der Waals surface area (Å²) in [6.45, 7) is 2.29. The van der Waals surface area contributed by atoms with Crippen LogP contribution in [0.2, 0.25) is 0 Å². The average Bonchev–Trinajstić information content (AvgIpc) is 2.78. The molecule has 2 atom stereocenters. The number of hydrogen-bond donors (Lipinski definition) is 2. The summed E-state index contributed by atoms with van der Waals surface area (Å²) in [6, 6.07) is 0. The van der Waals surface area contributed by atoms with Gasteiger partial charge in [-0.1, -0.05) is 0 Å². The fourth-order valence-corrected chi connectivity index (χ4v) is 2.11. The second-order valence-corrected chi connectivity index (χ2v) is 4.39. The highest BCUT2D eigenvalue weighted by Crippen LogP contribution is 2.30. The number of nitrogens with one attached hydrogen (secondary N) is 1. The molecule has 0 aromatic rings. The van der Waals surface area contributed by atoms with Crippen LogP contribution < -0.4 is 5.32 Å². The number of carbonyl (C=O) groups is 3. The molecule has 0 saturated heterocycles. The predicted octanol–water partition coefficient (Wildman–Crippen LogP) is 0.557. The third-order valence-electron chi connectivity index (χ3n) is 3.09. The molecule has 1 fully saturated rings. The van der Waals surface area contributed by atoms with Gasteiger partial charge in [0, 0.05) is 12.5 Å². The van der Waals surface area contributed by atoms with E-state index in [1.165, 1.54) is 0 Å². The molecule has 1 aliphatic carbocycles. The van der Waals surface area contributed by atoms with E-state index in [1.54, 1.807) is 6.92 Å². The first-order valence-corrected chi connectivity index (χ1v) is 6.20. The van der Waals surface area contributed by atoms with E-state index >= 15 is 0 Å². The fourth-order valence-electron chi connectivity index (χ4n) is 2.11. The van der Waals surface area contributed by atoms with E-state index in [0.717, 1.165) is 0 Å². The van der Waals surface area contributed by atoms with Gasteiger partial charge >= 0.3 is 11.9 Å². The van der Waals surface area contributed by atoms with Crippen LogP contribution in [0.4, 0.5) is 0 Å². The van der Waals surface area contributed by atoms with Crippen LogP contribution >= 0.6 is 0 Å². The van der Waals surface area contributed by atoms with Gasteiger partial charge in [-0.2, -0.15) is 0 Å². The Balaban J connectivity index is 2.22. The molecule has 0 radical (unpaired) electrons. The quantitative estimate of drug-likeness (QED) is 0.678. The van der Waals surface area contributed by atoms with Crippen LogP contribution in [0, 0.1) is 11.8 Å². The Morgan fingerprint density at radius 1 is 1.28 bits per heavy atom. The molecular weight excluding hydrogens is 238 g/mol. The molecule has 0 aromatic carbocycles. The maximum Gasteiger partial charge on any atom is 0.307 e. The van der Waals surface area contributed by atoms with Gasteiger partial charge in [0.05, 0.1) is 18.9 Å². The van der Waals surface area contributed by atoms with Crippen LogP contribution in [-0.4, -0.2) is 36.1 Å². The number of rotatable bonds is 6. The Labute approximate surface area is 106 Å². The third kappa shape index (κ3) is 4.35. The van der Waals surface area contributed by atoms with Gasteiger partial charge in [0.25, 0.3) is 0 Å². The van der Waals surface area contributed by atoms with E-state index in [0.29, 0.717) is 25.9 Å². The Morgan fingerprint density at radius 2 is 1.94 bits per heavy atom. The number of carboxylic acids is 1. The summed E-state index contributed by atoms with van der Waals surface area (Å²) in [5.74, 6) is -1.99. The van der Waals surface area contributed by atoms with E-state index < -0.39 is 11.9 Å². The van der Waals surface area contributed by atoms with Gasteiger partial charge in [-0.05, 0) is 26.2 Å². The minimum atomic E-state index is -0.836. The molecule has 2 unspecified atom stereocenters. The molecule has 1 amide bonds. The molecule has 102 valence electrons. The molecular formula is C12H19NO5. The molecule has 0 bridgehead atoms. The maximum absolute atomic E-state index is 11.7. The zero-order valence-electron chi connectivity index (χ0n) is 10.5. The number of hydrogen-bond acceptors (Lipinski definition) is 4. The lowest BCUT2D eigenvalue weighted by Gasteiger charge is -2.10. The van der Waals surface area contributed by atoms with Crippen molar-refractivity contribution in [3.63, 3.8) is 0 Å². The largest absolute Gasteiger partial charge is 0.481 e. The summed E-state index contributed by atoms with van der Waals surface area (Å²) < 4.78 is 4.73. The van der Waals surface area contributed by atoms with Crippen molar-refractivity contribution in [2.45, 2.75) is 32.6 Å². The van der Waals surface area contributed by atoms with Crippen molar-refractivity contribution in [3.05, 3.63) is 0 Å². The zero-order chi connectivity index (χ0) is 13.5. The third-order valence-corrected chi connectivity index (χ3v) is 3.09. The predicted molar refractivity (Wildman–Crippen MR) is 62.7 cm³/mol. The monoisotopic (exact) mass is 257 g/mol. The SMILES string of the molecule is CCOC(=O)CCNC(=O)C1CCC(C(=O)O)C1. The lowest BCUT2D eigenvalue weighted by molar-refractivity contribution is -0.143. The Morgan fingerprint density at radius 3 is 2.50 bits per heavy atom. The Hall–Kier alpha value is -1.59. The Kier molecular flexibility index (Phi) is 5.61. The number of aliphatic carboxylic acids is 1. The van der Waals surface area contributed by atoms with E-state index in [9.17, 15) is 14.4 Å². The molecule has 0 aliphatic heterocycles. The molecule has 2 N–H and O–H groups in total. The average molecular weight is 257 g/mol. The fraction of sp³-hybridized carbons (Fsp3) is 0.750. The summed E-state index contributed by atoms with van der Waals surface area (Å²) in [5.41, 5.74) is 0. The molecule has 6 nitrogen and oxygen atoms in total. The zero-order valence-corrected chi connectivity index (χ0v) is 10.5. The summed E-state index contributed by atoms with van der Waals surface area (Å²) >= 11 is 0. The highest BCUT2D eigenvalue weighted by molar-refractivity contribution is 5.81. The van der Waals surface area contributed by atoms with Crippen molar-refractivity contribution in [2.24, 2.45) is 11.8 Å². The summed E-state index contributed by atoms with van der Waals surface area (Å²) in [7, 11) is 0. The van der Waals surface area contributed by atoms with Crippen LogP contribution in [0.25, 0.3) is 0 Å². The van der Waals surface area contributed by atoms with Gasteiger partial charge in [0.15, 0.2) is 0 Å². The van der Waals surface area contributed by atoms with Crippen molar-refractivity contribution < 1.29 is 24.2 Å². The number of carbonyl (C=O) groups excluding carboxylic acids is 2. The van der Waals surface area contributed by atoms with Crippen LogP contribution in [0.1, 0.15) is 32.6 Å². The number of amides is 1. The van der Waals surface area contributed by atoms with Crippen molar-refractivity contribution in [2.75, 3.05) is 13.2 Å². The molecule has 1 aliphatic rings. The molecule has 1 saturated carbocycles. The first kappa shape index (κ1) is 14.5. The maximum atomic E-state index is 11.7. The van der Waals surface area contributed by atoms with Gasteiger partial charge in [-0.25, -0.2) is 0 Å². The number of carboxylic acid groups (broad SMARTS) is 1. The van der Waals surface area contributed by atoms with Crippen LogP contribution in [-0.2, 0) is 19.1 Å². The van der Waals surface area contributed by atoms with E-state index in [2.05, 4.69) is 5.32 Å². The first-order chi connectivity index (χ1) is 8.54. The topological polar surface area (TPSA) is 92.7 Å². The highest BCUT2D eigenvalue weighted by atomic mass is 16.5. The first-order valence-electron chi connectivity index (χ1n) is 6.20. The van der Waals surface area contributed by atoms with E-state index in [4.69, 9.17) is 9.84 Å². The minimum absolute atomic E-state index is 0.147. The normalized spacial score (nSPS) is 22.5. The second-order valence-electron chi connectivity index (χ2n) is 4.39. The standard InChI is InChI=1S/C12H19NO5/c1-2-18-10(14)5-6-13-11(15)8-3-4-9(7-8)12(16)17/h8-9H,2-7H2,1H3,(H,13,15)(H,16,17). The lowest BCUT2D eigenvalue weighted by atomic mass is 10.0. The van der Waals surface area contributed by atoms with Crippen molar-refractivity contribution in [1.29, 1.82) is 0 Å². The molecule has 0 aromatic heterocycles. The van der Waals surface area contributed by atoms with Crippen molar-refractivity contribution >= 4 is 17.8 Å². The summed E-state index contributed by atoms with van der Waals surface area (Å²) in [6.07, 6.45) is 1.68. The van der Waals surface area contributed by atoms with Crippen LogP contribution in [0.15, 0.2) is 0 Å². The van der Waals surface area contributed by atoms with Crippen LogP contribution in [0.5, 0.6) is 0 Å². The smallest absolute Gasteiger partial charge is 0.307 e. The van der Waals surface area contributed by atoms with Gasteiger partial charge in [0.2, 0.25) is 5.91 Å². The van der Waals surface area contributed by atoms with Gasteiger partial charge < -0.3 is 15.2 Å². The Bertz CT molecular complexity index is 328. The van der Waals surface area contributed by atoms with E-state index in [-0.39, 0.29) is 30.8 Å². The summed E-state index contributed by atoms with van der Waals surface area (Å²) in [4.78, 5) is 33.5. The summed E-state index contributed by atoms with van der Waals surface area (Å²) in [5, 5.41) is 11.5. The number of esters is 1. The highest BCUT2D eigenvalue weighted by Gasteiger charge is 2.33. The molecule has 0 heterocycles. The van der Waals surface area contributed by atoms with Crippen LogP contribution in [0.3, 0.4) is 0 Å². The molecule has 6 heteroatoms. The lowest BCUT2D eigenvalue weighted by Crippen LogP contribution is -2.31. The number of ether oxygens (including phenoxy) is 1. The minimum Gasteiger partial charge on any atom is -0.481 e.